The summed E-state index contributed by atoms with van der Waals surface area (Å²) >= 11 is 2.77. The SMILES string of the molecule is CCOC(=O)CN1C(=O)SC(=Cc2cc(I)c(OCC(=O)Nc3ccccc3)c(OC)c2)C1=O. The first-order chi connectivity index (χ1) is 16.3. The first-order valence-corrected chi connectivity index (χ1v) is 12.0. The number of carbonyl (C=O) groups is 4. The molecule has 2 aromatic rings. The molecule has 0 atom stereocenters. The molecule has 1 fully saturated rings. The van der Waals surface area contributed by atoms with Gasteiger partial charge in [0.25, 0.3) is 17.1 Å². The molecular formula is C23H21IN2O7S. The van der Waals surface area contributed by atoms with Crippen molar-refractivity contribution in [1.82, 2.24) is 4.90 Å². The number of amides is 3. The molecule has 0 aliphatic carbocycles. The first-order valence-electron chi connectivity index (χ1n) is 10.1. The van der Waals surface area contributed by atoms with Gasteiger partial charge in [0, 0.05) is 5.69 Å². The zero-order valence-electron chi connectivity index (χ0n) is 18.3. The Morgan fingerprint density at radius 3 is 2.59 bits per heavy atom. The molecule has 3 amide bonds. The Balaban J connectivity index is 1.72. The molecule has 0 bridgehead atoms. The van der Waals surface area contributed by atoms with Gasteiger partial charge in [-0.2, -0.15) is 0 Å². The van der Waals surface area contributed by atoms with Gasteiger partial charge in [0.1, 0.15) is 6.54 Å². The number of thioether (sulfide) groups is 1. The van der Waals surface area contributed by atoms with Crippen LogP contribution < -0.4 is 14.8 Å². The number of hydrogen-bond donors (Lipinski definition) is 1. The van der Waals surface area contributed by atoms with Crippen LogP contribution in [-0.2, 0) is 19.1 Å². The highest BCUT2D eigenvalue weighted by molar-refractivity contribution is 14.1. The van der Waals surface area contributed by atoms with Crippen LogP contribution in [0.3, 0.4) is 0 Å². The van der Waals surface area contributed by atoms with Crippen LogP contribution in [0.1, 0.15) is 12.5 Å². The number of nitrogens with one attached hydrogen (secondary N) is 1. The summed E-state index contributed by atoms with van der Waals surface area (Å²) in [4.78, 5) is 49.7. The number of halogens is 1. The van der Waals surface area contributed by atoms with Crippen LogP contribution in [0, 0.1) is 3.57 Å². The molecule has 0 radical (unpaired) electrons. The second-order valence-corrected chi connectivity index (χ2v) is 8.97. The van der Waals surface area contributed by atoms with E-state index < -0.39 is 23.7 Å². The Morgan fingerprint density at radius 2 is 1.91 bits per heavy atom. The van der Waals surface area contributed by atoms with Crippen molar-refractivity contribution in [3.63, 3.8) is 0 Å². The topological polar surface area (TPSA) is 111 Å². The lowest BCUT2D eigenvalue weighted by Crippen LogP contribution is -2.34. The summed E-state index contributed by atoms with van der Waals surface area (Å²) in [6.45, 7) is 1.14. The molecule has 0 unspecified atom stereocenters. The molecule has 34 heavy (non-hydrogen) atoms. The molecule has 178 valence electrons. The van der Waals surface area contributed by atoms with E-state index in [9.17, 15) is 19.2 Å². The molecule has 0 spiro atoms. The predicted octanol–water partition coefficient (Wildman–Crippen LogP) is 3.92. The number of imide groups is 1. The van der Waals surface area contributed by atoms with Crippen molar-refractivity contribution in [2.75, 3.05) is 32.2 Å². The van der Waals surface area contributed by atoms with E-state index in [1.807, 2.05) is 40.8 Å². The lowest BCUT2D eigenvalue weighted by Gasteiger charge is -2.14. The van der Waals surface area contributed by atoms with E-state index in [2.05, 4.69) is 5.32 Å². The van der Waals surface area contributed by atoms with E-state index in [0.717, 1.165) is 16.7 Å². The number of nitrogens with zero attached hydrogens (tertiary/aromatic N) is 1. The predicted molar refractivity (Wildman–Crippen MR) is 136 cm³/mol. The normalized spacial score (nSPS) is 14.3. The minimum absolute atomic E-state index is 0.158. The summed E-state index contributed by atoms with van der Waals surface area (Å²) in [5, 5.41) is 2.19. The standard InChI is InChI=1S/C23H21IN2O7S/c1-3-32-20(28)12-26-22(29)18(34-23(26)30)11-14-9-16(24)21(17(10-14)31-2)33-13-19(27)25-15-7-5-4-6-8-15/h4-11H,3,12-13H2,1-2H3,(H,25,27). The van der Waals surface area contributed by atoms with Crippen molar-refractivity contribution < 1.29 is 33.4 Å². The largest absolute Gasteiger partial charge is 0.493 e. The molecular weight excluding hydrogens is 575 g/mol. The van der Waals surface area contributed by atoms with E-state index in [0.29, 0.717) is 26.3 Å². The van der Waals surface area contributed by atoms with Crippen molar-refractivity contribution in [3.05, 3.63) is 56.5 Å². The third-order valence-electron chi connectivity index (χ3n) is 4.42. The van der Waals surface area contributed by atoms with Gasteiger partial charge in [0.05, 0.1) is 22.2 Å². The van der Waals surface area contributed by atoms with Crippen molar-refractivity contribution in [3.8, 4) is 11.5 Å². The van der Waals surface area contributed by atoms with Crippen LogP contribution in [0.2, 0.25) is 0 Å². The summed E-state index contributed by atoms with van der Waals surface area (Å²) < 4.78 is 16.6. The van der Waals surface area contributed by atoms with Crippen molar-refractivity contribution in [1.29, 1.82) is 0 Å². The quantitative estimate of drug-likeness (QED) is 0.264. The average Bonchev–Trinajstić information content (AvgIpc) is 3.06. The number of methoxy groups -OCH3 is 1. The molecule has 1 aliphatic rings. The number of rotatable bonds is 9. The number of para-hydroxylation sites is 1. The van der Waals surface area contributed by atoms with Crippen molar-refractivity contribution in [2.24, 2.45) is 0 Å². The fourth-order valence-corrected chi connectivity index (χ4v) is 4.56. The Kier molecular flexibility index (Phi) is 8.93. The summed E-state index contributed by atoms with van der Waals surface area (Å²) in [6.07, 6.45) is 1.53. The maximum absolute atomic E-state index is 12.6. The van der Waals surface area contributed by atoms with Gasteiger partial charge in [-0.05, 0) is 77.2 Å². The zero-order valence-corrected chi connectivity index (χ0v) is 21.3. The second kappa shape index (κ2) is 11.9. The highest BCUT2D eigenvalue weighted by Gasteiger charge is 2.36. The molecule has 9 nitrogen and oxygen atoms in total. The van der Waals surface area contributed by atoms with Gasteiger partial charge in [-0.25, -0.2) is 0 Å². The van der Waals surface area contributed by atoms with Gasteiger partial charge in [0.15, 0.2) is 18.1 Å². The van der Waals surface area contributed by atoms with E-state index in [1.54, 1.807) is 31.2 Å². The fraction of sp³-hybridized carbons (Fsp3) is 0.217. The zero-order chi connectivity index (χ0) is 24.7. The number of carbonyl (C=O) groups excluding carboxylic acids is 4. The summed E-state index contributed by atoms with van der Waals surface area (Å²) in [5.41, 5.74) is 1.24. The van der Waals surface area contributed by atoms with Gasteiger partial charge in [-0.3, -0.25) is 24.1 Å². The monoisotopic (exact) mass is 596 g/mol. The Hall–Kier alpha value is -3.06. The van der Waals surface area contributed by atoms with E-state index >= 15 is 0 Å². The van der Waals surface area contributed by atoms with E-state index in [-0.39, 0.29) is 24.0 Å². The molecule has 1 heterocycles. The highest BCUT2D eigenvalue weighted by atomic mass is 127. The van der Waals surface area contributed by atoms with Crippen LogP contribution in [-0.4, -0.2) is 54.8 Å². The number of hydrogen-bond acceptors (Lipinski definition) is 8. The molecule has 0 saturated carbocycles. The number of anilines is 1. The molecule has 2 aromatic carbocycles. The van der Waals surface area contributed by atoms with Crippen LogP contribution in [0.15, 0.2) is 47.4 Å². The molecule has 3 rings (SSSR count). The molecule has 0 aromatic heterocycles. The number of benzene rings is 2. The van der Waals surface area contributed by atoms with E-state index in [1.165, 1.54) is 13.2 Å². The van der Waals surface area contributed by atoms with Crippen LogP contribution in [0.4, 0.5) is 10.5 Å². The summed E-state index contributed by atoms with van der Waals surface area (Å²) in [7, 11) is 1.46. The molecule has 1 aliphatic heterocycles. The first kappa shape index (κ1) is 25.6. The maximum atomic E-state index is 12.6. The van der Waals surface area contributed by atoms with Gasteiger partial charge in [0.2, 0.25) is 0 Å². The fourth-order valence-electron chi connectivity index (χ4n) is 2.94. The van der Waals surface area contributed by atoms with Crippen LogP contribution in [0.25, 0.3) is 6.08 Å². The minimum atomic E-state index is -0.653. The smallest absolute Gasteiger partial charge is 0.326 e. The van der Waals surface area contributed by atoms with Crippen molar-refractivity contribution >= 4 is 69.1 Å². The van der Waals surface area contributed by atoms with Crippen LogP contribution in [0.5, 0.6) is 11.5 Å². The van der Waals surface area contributed by atoms with Gasteiger partial charge >= 0.3 is 5.97 Å². The number of ether oxygens (including phenoxy) is 3. The van der Waals surface area contributed by atoms with Crippen molar-refractivity contribution in [2.45, 2.75) is 6.92 Å². The second-order valence-electron chi connectivity index (χ2n) is 6.81. The van der Waals surface area contributed by atoms with Crippen LogP contribution >= 0.6 is 34.4 Å². The summed E-state index contributed by atoms with van der Waals surface area (Å²) in [5.74, 6) is -0.825. The molecule has 1 N–H and O–H groups in total. The third kappa shape index (κ3) is 6.50. The third-order valence-corrected chi connectivity index (χ3v) is 6.13. The van der Waals surface area contributed by atoms with E-state index in [4.69, 9.17) is 14.2 Å². The van der Waals surface area contributed by atoms with Gasteiger partial charge in [-0.15, -0.1) is 0 Å². The highest BCUT2D eigenvalue weighted by Crippen LogP contribution is 2.37. The Bertz CT molecular complexity index is 1140. The molecule has 11 heteroatoms. The lowest BCUT2D eigenvalue weighted by molar-refractivity contribution is -0.146. The lowest BCUT2D eigenvalue weighted by atomic mass is 10.2. The average molecular weight is 596 g/mol. The summed E-state index contributed by atoms with van der Waals surface area (Å²) in [6, 6.07) is 12.4. The van der Waals surface area contributed by atoms with Gasteiger partial charge < -0.3 is 19.5 Å². The minimum Gasteiger partial charge on any atom is -0.493 e. The Morgan fingerprint density at radius 1 is 1.18 bits per heavy atom. The maximum Gasteiger partial charge on any atom is 0.326 e. The van der Waals surface area contributed by atoms with Gasteiger partial charge in [-0.1, -0.05) is 18.2 Å². The number of esters is 1. The Labute approximate surface area is 213 Å². The molecule has 1 saturated heterocycles.